The molecule has 0 saturated carbocycles. The maximum Gasteiger partial charge on any atom is 0.241 e. The van der Waals surface area contributed by atoms with Gasteiger partial charge in [0.2, 0.25) is 11.8 Å². The van der Waals surface area contributed by atoms with E-state index < -0.39 is 22.7 Å². The van der Waals surface area contributed by atoms with Gasteiger partial charge >= 0.3 is 0 Å². The van der Waals surface area contributed by atoms with Gasteiger partial charge in [0.25, 0.3) is 0 Å². The molecule has 226 valence electrons. The van der Waals surface area contributed by atoms with Gasteiger partial charge in [-0.05, 0) is 81.8 Å². The zero-order valence-corrected chi connectivity index (χ0v) is 24.3. The predicted octanol–water partition coefficient (Wildman–Crippen LogP) is 3.74. The van der Waals surface area contributed by atoms with Gasteiger partial charge in [-0.25, -0.2) is 9.37 Å². The molecular formula is C33H32FN5O5. The van der Waals surface area contributed by atoms with Gasteiger partial charge in [-0.15, -0.1) is 0 Å². The highest BCUT2D eigenvalue weighted by Crippen LogP contribution is 2.46. The molecule has 2 aromatic heterocycles. The van der Waals surface area contributed by atoms with Crippen molar-refractivity contribution >= 4 is 34.2 Å². The average molecular weight is 598 g/mol. The van der Waals surface area contributed by atoms with Crippen molar-refractivity contribution in [3.8, 4) is 17.0 Å². The number of ketones is 1. The first-order valence-corrected chi connectivity index (χ1v) is 14.4. The first-order chi connectivity index (χ1) is 21.0. The Bertz CT molecular complexity index is 1800. The Morgan fingerprint density at radius 3 is 2.64 bits per heavy atom. The number of hydrogen-bond acceptors (Lipinski definition) is 8. The molecule has 2 aliphatic heterocycles. The second kappa shape index (κ2) is 11.1. The molecule has 2 amide bonds. The number of anilines is 1. The van der Waals surface area contributed by atoms with Crippen LogP contribution >= 0.6 is 0 Å². The Hall–Kier alpha value is -4.74. The number of amides is 2. The normalized spacial score (nSPS) is 20.2. The number of primary amides is 1. The zero-order valence-electron chi connectivity index (χ0n) is 24.3. The highest BCUT2D eigenvalue weighted by atomic mass is 19.1. The van der Waals surface area contributed by atoms with E-state index in [2.05, 4.69) is 20.6 Å². The van der Waals surface area contributed by atoms with Gasteiger partial charge in [-0.2, -0.15) is 0 Å². The van der Waals surface area contributed by atoms with Crippen LogP contribution in [0.25, 0.3) is 22.2 Å². The number of pyridine rings is 2. The van der Waals surface area contributed by atoms with E-state index in [1.54, 1.807) is 44.3 Å². The SMILES string of the molecule is C[C@](O)(CCC(=O)c1cc(NC(=O)[C@H]2CCN2)c2ncccc2c1)c1cc2c(c(-c3ccc(F)cc3)n1)OC[C@]2(C)C(N)=O. The lowest BCUT2D eigenvalue weighted by Crippen LogP contribution is -2.50. The summed E-state index contributed by atoms with van der Waals surface area (Å²) < 4.78 is 19.6. The third-order valence-corrected chi connectivity index (χ3v) is 8.55. The summed E-state index contributed by atoms with van der Waals surface area (Å²) in [6.07, 6.45) is 2.30. The third-order valence-electron chi connectivity index (χ3n) is 8.55. The molecule has 4 heterocycles. The van der Waals surface area contributed by atoms with E-state index >= 15 is 0 Å². The van der Waals surface area contributed by atoms with E-state index in [0.717, 1.165) is 13.0 Å². The summed E-state index contributed by atoms with van der Waals surface area (Å²) in [6.45, 7) is 3.96. The van der Waals surface area contributed by atoms with Gasteiger partial charge in [-0.1, -0.05) is 6.07 Å². The number of Topliss-reactive ketones (excluding diaryl/α,β-unsaturated/α-hetero) is 1. The van der Waals surface area contributed by atoms with Crippen LogP contribution in [-0.4, -0.2) is 51.9 Å². The fraction of sp³-hybridized carbons (Fsp3) is 0.303. The molecule has 44 heavy (non-hydrogen) atoms. The van der Waals surface area contributed by atoms with Gasteiger partial charge in [0.05, 0.1) is 22.9 Å². The number of carbonyl (C=O) groups excluding carboxylic acids is 3. The number of benzene rings is 2. The number of nitrogens with one attached hydrogen (secondary N) is 2. The van der Waals surface area contributed by atoms with E-state index in [9.17, 15) is 23.9 Å². The van der Waals surface area contributed by atoms with Crippen molar-refractivity contribution in [3.63, 3.8) is 0 Å². The van der Waals surface area contributed by atoms with Crippen LogP contribution in [0.2, 0.25) is 0 Å². The van der Waals surface area contributed by atoms with Crippen molar-refractivity contribution in [2.24, 2.45) is 5.73 Å². The summed E-state index contributed by atoms with van der Waals surface area (Å²) in [4.78, 5) is 47.7. The Kier molecular flexibility index (Phi) is 7.38. The number of hydrogen-bond donors (Lipinski definition) is 4. The van der Waals surface area contributed by atoms with E-state index in [-0.39, 0.29) is 42.9 Å². The Balaban J connectivity index is 1.30. The first-order valence-electron chi connectivity index (χ1n) is 14.4. The summed E-state index contributed by atoms with van der Waals surface area (Å²) >= 11 is 0. The van der Waals surface area contributed by atoms with E-state index in [1.807, 2.05) is 6.07 Å². The number of nitrogens with zero attached hydrogens (tertiary/aromatic N) is 2. The van der Waals surface area contributed by atoms with Gasteiger partial charge in [0, 0.05) is 34.7 Å². The molecule has 11 heteroatoms. The second-order valence-electron chi connectivity index (χ2n) is 11.8. The van der Waals surface area contributed by atoms with Crippen LogP contribution in [0.4, 0.5) is 10.1 Å². The van der Waals surface area contributed by atoms with Crippen molar-refractivity contribution in [1.29, 1.82) is 0 Å². The molecule has 1 saturated heterocycles. The van der Waals surface area contributed by atoms with Gasteiger partial charge in [0.15, 0.2) is 5.78 Å². The number of rotatable bonds is 9. The molecule has 0 spiro atoms. The molecule has 0 aliphatic carbocycles. The Morgan fingerprint density at radius 1 is 1.20 bits per heavy atom. The van der Waals surface area contributed by atoms with Gasteiger partial charge < -0.3 is 26.2 Å². The summed E-state index contributed by atoms with van der Waals surface area (Å²) in [5.41, 5.74) is 5.88. The van der Waals surface area contributed by atoms with Crippen LogP contribution in [0.5, 0.6) is 5.75 Å². The zero-order chi connectivity index (χ0) is 31.2. The fourth-order valence-corrected chi connectivity index (χ4v) is 5.48. The van der Waals surface area contributed by atoms with E-state index in [1.165, 1.54) is 24.3 Å². The van der Waals surface area contributed by atoms with Crippen molar-refractivity contribution in [2.75, 3.05) is 18.5 Å². The highest BCUT2D eigenvalue weighted by Gasteiger charge is 2.45. The number of ether oxygens (including phenoxy) is 1. The topological polar surface area (TPSA) is 157 Å². The number of nitrogens with two attached hydrogens (primary N) is 1. The minimum absolute atomic E-state index is 0.00656. The maximum absolute atomic E-state index is 13.7. The van der Waals surface area contributed by atoms with E-state index in [0.29, 0.717) is 44.7 Å². The second-order valence-corrected chi connectivity index (χ2v) is 11.8. The molecular weight excluding hydrogens is 565 g/mol. The lowest BCUT2D eigenvalue weighted by molar-refractivity contribution is -0.123. The maximum atomic E-state index is 13.7. The Labute approximate surface area is 252 Å². The fourth-order valence-electron chi connectivity index (χ4n) is 5.48. The van der Waals surface area contributed by atoms with Crippen LogP contribution in [0.15, 0.2) is 60.8 Å². The smallest absolute Gasteiger partial charge is 0.241 e. The summed E-state index contributed by atoms with van der Waals surface area (Å²) in [5.74, 6) is -1.14. The minimum atomic E-state index is -1.61. The van der Waals surface area contributed by atoms with Gasteiger partial charge in [0.1, 0.15) is 34.9 Å². The van der Waals surface area contributed by atoms with E-state index in [4.69, 9.17) is 10.5 Å². The summed E-state index contributed by atoms with van der Waals surface area (Å²) in [6, 6.07) is 13.8. The first kappa shape index (κ1) is 29.3. The lowest BCUT2D eigenvalue weighted by atomic mass is 9.81. The lowest BCUT2D eigenvalue weighted by Gasteiger charge is -2.26. The van der Waals surface area contributed by atoms with Crippen LogP contribution in [-0.2, 0) is 20.6 Å². The van der Waals surface area contributed by atoms with Crippen LogP contribution in [0.3, 0.4) is 0 Å². The monoisotopic (exact) mass is 597 g/mol. The molecule has 0 radical (unpaired) electrons. The molecule has 2 aliphatic rings. The molecule has 4 aromatic rings. The molecule has 3 atom stereocenters. The van der Waals surface area contributed by atoms with Gasteiger partial charge in [-0.3, -0.25) is 19.4 Å². The molecule has 1 fully saturated rings. The average Bonchev–Trinajstić information content (AvgIpc) is 3.33. The Morgan fingerprint density at radius 2 is 1.95 bits per heavy atom. The number of aromatic nitrogens is 2. The van der Waals surface area contributed by atoms with Crippen LogP contribution < -0.4 is 21.1 Å². The number of fused-ring (bicyclic) bond motifs is 2. The molecule has 0 unspecified atom stereocenters. The third kappa shape index (κ3) is 5.29. The molecule has 5 N–H and O–H groups in total. The minimum Gasteiger partial charge on any atom is -0.489 e. The number of halogens is 1. The van der Waals surface area contributed by atoms with Crippen LogP contribution in [0.1, 0.15) is 54.7 Å². The molecule has 6 rings (SSSR count). The predicted molar refractivity (Wildman–Crippen MR) is 162 cm³/mol. The molecule has 0 bridgehead atoms. The summed E-state index contributed by atoms with van der Waals surface area (Å²) in [7, 11) is 0. The van der Waals surface area contributed by atoms with Crippen molar-refractivity contribution in [3.05, 3.63) is 83.4 Å². The highest BCUT2D eigenvalue weighted by molar-refractivity contribution is 6.07. The largest absolute Gasteiger partial charge is 0.489 e. The number of aliphatic hydroxyl groups is 1. The van der Waals surface area contributed by atoms with Crippen LogP contribution in [0, 0.1) is 5.82 Å². The number of carbonyl (C=O) groups is 3. The quantitative estimate of drug-likeness (QED) is 0.213. The summed E-state index contributed by atoms with van der Waals surface area (Å²) in [5, 5.41) is 18.3. The standard InChI is InChI=1S/C33H32FN5O5/c1-32(31(35)42)17-44-29-22(32)16-26(39-28(29)18-5-7-21(34)8-6-18)33(2,43)11-9-25(40)20-14-19-4-3-12-37-27(19)24(15-20)38-30(41)23-10-13-36-23/h3-8,12,14-16,23,36,43H,9-11,13,17H2,1-2H3,(H2,35,42)(H,38,41)/t23-,32+,33+/m1/s1. The molecule has 2 aromatic carbocycles. The van der Waals surface area contributed by atoms with Crippen molar-refractivity contribution in [1.82, 2.24) is 15.3 Å². The van der Waals surface area contributed by atoms with Crippen molar-refractivity contribution in [2.45, 2.75) is 50.2 Å². The molecule has 10 nitrogen and oxygen atoms in total. The van der Waals surface area contributed by atoms with Crippen molar-refractivity contribution < 1.29 is 28.6 Å².